The van der Waals surface area contributed by atoms with Crippen LogP contribution in [-0.2, 0) is 6.42 Å². The van der Waals surface area contributed by atoms with Gasteiger partial charge in [0.25, 0.3) is 0 Å². The fourth-order valence-corrected chi connectivity index (χ4v) is 1.94. The SMILES string of the molecule is CNCC(C)C(C)Cc1cccc(OC)c1F. The Labute approximate surface area is 103 Å². The number of hydrogen-bond acceptors (Lipinski definition) is 2. The van der Waals surface area contributed by atoms with Crippen LogP contribution in [0.2, 0.25) is 0 Å². The fraction of sp³-hybridized carbons (Fsp3) is 0.571. The van der Waals surface area contributed by atoms with Crippen molar-refractivity contribution in [3.05, 3.63) is 29.6 Å². The number of hydrogen-bond donors (Lipinski definition) is 1. The molecule has 1 rings (SSSR count). The summed E-state index contributed by atoms with van der Waals surface area (Å²) >= 11 is 0. The molecular weight excluding hydrogens is 217 g/mol. The Bertz CT molecular complexity index is 354. The molecule has 0 bridgehead atoms. The molecule has 0 amide bonds. The van der Waals surface area contributed by atoms with Crippen molar-refractivity contribution in [3.63, 3.8) is 0 Å². The first-order valence-corrected chi connectivity index (χ1v) is 6.06. The van der Waals surface area contributed by atoms with Gasteiger partial charge in [0.2, 0.25) is 0 Å². The van der Waals surface area contributed by atoms with Crippen LogP contribution in [0.15, 0.2) is 18.2 Å². The van der Waals surface area contributed by atoms with E-state index in [9.17, 15) is 4.39 Å². The second-order valence-corrected chi connectivity index (χ2v) is 4.65. The second kappa shape index (κ2) is 6.60. The highest BCUT2D eigenvalue weighted by Crippen LogP contribution is 2.24. The smallest absolute Gasteiger partial charge is 0.168 e. The topological polar surface area (TPSA) is 21.3 Å². The Morgan fingerprint density at radius 1 is 1.29 bits per heavy atom. The average Bonchev–Trinajstić information content (AvgIpc) is 2.32. The van der Waals surface area contributed by atoms with Crippen molar-refractivity contribution < 1.29 is 9.13 Å². The molecule has 1 N–H and O–H groups in total. The Hall–Kier alpha value is -1.09. The first-order valence-electron chi connectivity index (χ1n) is 6.06. The Balaban J connectivity index is 2.74. The summed E-state index contributed by atoms with van der Waals surface area (Å²) in [7, 11) is 3.44. The quantitative estimate of drug-likeness (QED) is 0.824. The molecule has 0 fully saturated rings. The molecule has 0 saturated carbocycles. The summed E-state index contributed by atoms with van der Waals surface area (Å²) in [5.41, 5.74) is 0.736. The molecule has 0 aliphatic heterocycles. The van der Waals surface area contributed by atoms with E-state index in [1.165, 1.54) is 7.11 Å². The third-order valence-corrected chi connectivity index (χ3v) is 3.30. The van der Waals surface area contributed by atoms with Crippen LogP contribution in [0.3, 0.4) is 0 Å². The van der Waals surface area contributed by atoms with Gasteiger partial charge in [0.15, 0.2) is 11.6 Å². The molecule has 96 valence electrons. The lowest BCUT2D eigenvalue weighted by Gasteiger charge is -2.20. The third-order valence-electron chi connectivity index (χ3n) is 3.30. The molecule has 0 aliphatic rings. The number of halogens is 1. The molecule has 0 heterocycles. The molecule has 1 aromatic rings. The minimum Gasteiger partial charge on any atom is -0.494 e. The van der Waals surface area contributed by atoms with E-state index in [1.54, 1.807) is 6.07 Å². The van der Waals surface area contributed by atoms with E-state index >= 15 is 0 Å². The lowest BCUT2D eigenvalue weighted by Crippen LogP contribution is -2.23. The van der Waals surface area contributed by atoms with Crippen molar-refractivity contribution in [2.24, 2.45) is 11.8 Å². The molecule has 1 aromatic carbocycles. The predicted molar refractivity (Wildman–Crippen MR) is 68.9 cm³/mol. The number of ether oxygens (including phenoxy) is 1. The van der Waals surface area contributed by atoms with E-state index in [1.807, 2.05) is 19.2 Å². The summed E-state index contributed by atoms with van der Waals surface area (Å²) in [6.45, 7) is 5.28. The average molecular weight is 239 g/mol. The van der Waals surface area contributed by atoms with Gasteiger partial charge in [-0.1, -0.05) is 26.0 Å². The Morgan fingerprint density at radius 2 is 2.00 bits per heavy atom. The molecule has 17 heavy (non-hydrogen) atoms. The number of benzene rings is 1. The van der Waals surface area contributed by atoms with Crippen LogP contribution in [0.25, 0.3) is 0 Å². The highest BCUT2D eigenvalue weighted by Gasteiger charge is 2.16. The van der Waals surface area contributed by atoms with Crippen molar-refractivity contribution in [2.45, 2.75) is 20.3 Å². The van der Waals surface area contributed by atoms with Gasteiger partial charge >= 0.3 is 0 Å². The summed E-state index contributed by atoms with van der Waals surface area (Å²) in [4.78, 5) is 0. The van der Waals surface area contributed by atoms with Gasteiger partial charge in [-0.3, -0.25) is 0 Å². The Kier molecular flexibility index (Phi) is 5.42. The van der Waals surface area contributed by atoms with Crippen LogP contribution >= 0.6 is 0 Å². The van der Waals surface area contributed by atoms with Gasteiger partial charge in [-0.05, 0) is 43.5 Å². The monoisotopic (exact) mass is 239 g/mol. The normalized spacial score (nSPS) is 14.4. The maximum atomic E-state index is 13.9. The van der Waals surface area contributed by atoms with Crippen LogP contribution in [0.5, 0.6) is 5.75 Å². The largest absolute Gasteiger partial charge is 0.494 e. The molecular formula is C14H22FNO. The maximum Gasteiger partial charge on any atom is 0.168 e. The maximum absolute atomic E-state index is 13.9. The first-order chi connectivity index (χ1) is 8.10. The molecule has 0 spiro atoms. The molecule has 2 nitrogen and oxygen atoms in total. The summed E-state index contributed by atoms with van der Waals surface area (Å²) in [6.07, 6.45) is 0.742. The van der Waals surface area contributed by atoms with Crippen molar-refractivity contribution in [1.29, 1.82) is 0 Å². The van der Waals surface area contributed by atoms with Crippen LogP contribution in [0.4, 0.5) is 4.39 Å². The van der Waals surface area contributed by atoms with Gasteiger partial charge in [-0.25, -0.2) is 4.39 Å². The first kappa shape index (κ1) is 14.0. The minimum atomic E-state index is -0.224. The molecule has 0 aliphatic carbocycles. The van der Waals surface area contributed by atoms with Gasteiger partial charge in [0, 0.05) is 0 Å². The van der Waals surface area contributed by atoms with E-state index in [2.05, 4.69) is 19.2 Å². The van der Waals surface area contributed by atoms with Crippen LogP contribution in [0.1, 0.15) is 19.4 Å². The highest BCUT2D eigenvalue weighted by molar-refractivity contribution is 5.31. The predicted octanol–water partition coefficient (Wildman–Crippen LogP) is 2.87. The number of nitrogens with one attached hydrogen (secondary N) is 1. The summed E-state index contributed by atoms with van der Waals surface area (Å²) in [5.74, 6) is 1.06. The zero-order chi connectivity index (χ0) is 12.8. The van der Waals surface area contributed by atoms with Crippen molar-refractivity contribution in [3.8, 4) is 5.75 Å². The summed E-state index contributed by atoms with van der Waals surface area (Å²) in [6, 6.07) is 5.33. The summed E-state index contributed by atoms with van der Waals surface area (Å²) in [5, 5.41) is 3.15. The number of methoxy groups -OCH3 is 1. The van der Waals surface area contributed by atoms with E-state index in [0.29, 0.717) is 17.6 Å². The highest BCUT2D eigenvalue weighted by atomic mass is 19.1. The zero-order valence-corrected chi connectivity index (χ0v) is 11.1. The lowest BCUT2D eigenvalue weighted by molar-refractivity contribution is 0.359. The fourth-order valence-electron chi connectivity index (χ4n) is 1.94. The zero-order valence-electron chi connectivity index (χ0n) is 11.1. The molecule has 0 radical (unpaired) electrons. The van der Waals surface area contributed by atoms with Crippen molar-refractivity contribution >= 4 is 0 Å². The van der Waals surface area contributed by atoms with E-state index in [0.717, 1.165) is 18.5 Å². The summed E-state index contributed by atoms with van der Waals surface area (Å²) < 4.78 is 18.9. The second-order valence-electron chi connectivity index (χ2n) is 4.65. The van der Waals surface area contributed by atoms with Crippen molar-refractivity contribution in [1.82, 2.24) is 5.32 Å². The third kappa shape index (κ3) is 3.70. The van der Waals surface area contributed by atoms with Crippen LogP contribution in [0, 0.1) is 17.7 Å². The lowest BCUT2D eigenvalue weighted by atomic mass is 9.89. The molecule has 2 unspecified atom stereocenters. The number of rotatable bonds is 6. The van der Waals surface area contributed by atoms with Crippen LogP contribution < -0.4 is 10.1 Å². The molecule has 3 heteroatoms. The van der Waals surface area contributed by atoms with Gasteiger partial charge in [-0.2, -0.15) is 0 Å². The molecule has 0 saturated heterocycles. The minimum absolute atomic E-state index is 0.224. The molecule has 2 atom stereocenters. The van der Waals surface area contributed by atoms with Crippen molar-refractivity contribution in [2.75, 3.05) is 20.7 Å². The van der Waals surface area contributed by atoms with Gasteiger partial charge in [0.1, 0.15) is 0 Å². The van der Waals surface area contributed by atoms with Gasteiger partial charge in [-0.15, -0.1) is 0 Å². The van der Waals surface area contributed by atoms with E-state index in [-0.39, 0.29) is 5.82 Å². The van der Waals surface area contributed by atoms with Gasteiger partial charge in [0.05, 0.1) is 7.11 Å². The molecule has 0 aromatic heterocycles. The Morgan fingerprint density at radius 3 is 2.59 bits per heavy atom. The standard InChI is InChI=1S/C14H22FNO/c1-10(11(2)9-16-3)8-12-6-5-7-13(17-4)14(12)15/h5-7,10-11,16H,8-9H2,1-4H3. The van der Waals surface area contributed by atoms with E-state index in [4.69, 9.17) is 4.74 Å². The van der Waals surface area contributed by atoms with Gasteiger partial charge < -0.3 is 10.1 Å². The van der Waals surface area contributed by atoms with Crippen LogP contribution in [-0.4, -0.2) is 20.7 Å². The van der Waals surface area contributed by atoms with E-state index < -0.39 is 0 Å².